The Morgan fingerprint density at radius 1 is 1.26 bits per heavy atom. The van der Waals surface area contributed by atoms with Crippen LogP contribution in [0.3, 0.4) is 0 Å². The molecule has 1 aliphatic rings. The van der Waals surface area contributed by atoms with Crippen molar-refractivity contribution in [3.05, 3.63) is 11.6 Å². The van der Waals surface area contributed by atoms with Crippen molar-refractivity contribution in [1.29, 1.82) is 0 Å². The largest absolute Gasteiger partial charge is 0.464 e. The van der Waals surface area contributed by atoms with Crippen LogP contribution in [0.2, 0.25) is 5.28 Å². The fourth-order valence-corrected chi connectivity index (χ4v) is 4.44. The summed E-state index contributed by atoms with van der Waals surface area (Å²) < 4.78 is 29.3. The third-order valence-electron chi connectivity index (χ3n) is 6.35. The molecule has 1 aliphatic heterocycles. The second-order valence-corrected chi connectivity index (χ2v) is 11.1. The van der Waals surface area contributed by atoms with Crippen molar-refractivity contribution in [2.75, 3.05) is 25.2 Å². The minimum atomic E-state index is -1.51. The Bertz CT molecular complexity index is 1420. The molecule has 0 spiro atoms. The molecule has 14 nitrogen and oxygen atoms in total. The quantitative estimate of drug-likeness (QED) is 0.135. The number of halogens is 1. The van der Waals surface area contributed by atoms with E-state index in [2.05, 4.69) is 20.9 Å². The zero-order chi connectivity index (χ0) is 31.6. The minimum absolute atomic E-state index is 0.0494. The molecule has 0 N–H and O–H groups in total. The molecule has 1 saturated heterocycles. The highest BCUT2D eigenvalue weighted by Gasteiger charge is 2.56. The van der Waals surface area contributed by atoms with Gasteiger partial charge in [0, 0.05) is 14.0 Å². The van der Waals surface area contributed by atoms with Crippen molar-refractivity contribution in [2.24, 2.45) is 5.41 Å². The summed E-state index contributed by atoms with van der Waals surface area (Å²) in [6.07, 6.45) is 1.87. The number of Topliss-reactive ketones (excluding diaryl/α,β-unsaturated/α-hetero) is 1. The second-order valence-electron chi connectivity index (χ2n) is 10.7. The van der Waals surface area contributed by atoms with Gasteiger partial charge in [-0.25, -0.2) is 14.6 Å². The van der Waals surface area contributed by atoms with Crippen LogP contribution in [0.25, 0.3) is 11.2 Å². The molecule has 0 bridgehead atoms. The third-order valence-corrected chi connectivity index (χ3v) is 6.51. The average molecular weight is 608 g/mol. The van der Waals surface area contributed by atoms with Crippen LogP contribution >= 0.6 is 11.6 Å². The lowest BCUT2D eigenvalue weighted by molar-refractivity contribution is -0.164. The first-order chi connectivity index (χ1) is 19.5. The number of hydrogen-bond acceptors (Lipinski definition) is 12. The van der Waals surface area contributed by atoms with Crippen LogP contribution in [0.4, 0.5) is 10.6 Å². The number of fused-ring (bicyclic) bond motifs is 1. The van der Waals surface area contributed by atoms with E-state index < -0.39 is 59.4 Å². The van der Waals surface area contributed by atoms with Crippen LogP contribution in [-0.2, 0) is 38.1 Å². The maximum absolute atomic E-state index is 12.8. The van der Waals surface area contributed by atoms with E-state index in [-0.39, 0.29) is 35.5 Å². The summed E-state index contributed by atoms with van der Waals surface area (Å²) in [4.78, 5) is 63.3. The number of esters is 2. The molecule has 228 valence electrons. The van der Waals surface area contributed by atoms with Crippen LogP contribution in [-0.4, -0.2) is 87.5 Å². The SMILES string of the molecule is C#C[C@@]1(C)[C@@H](COC(C(C)=O)C(=O)OCC)O[C@@H](n2cnc3c(N(C)C(=O)OC(C)(C)C)nc(Cl)nc32)[C@@H]1OC(C)=O. The van der Waals surface area contributed by atoms with E-state index in [1.54, 1.807) is 34.6 Å². The molecule has 1 fully saturated rings. The number of carbonyl (C=O) groups is 4. The molecule has 3 heterocycles. The summed E-state index contributed by atoms with van der Waals surface area (Å²) in [7, 11) is 1.44. The second kappa shape index (κ2) is 12.6. The zero-order valence-corrected chi connectivity index (χ0v) is 25.4. The summed E-state index contributed by atoms with van der Waals surface area (Å²) in [5.41, 5.74) is -1.78. The molecule has 0 aromatic carbocycles. The smallest absolute Gasteiger partial charge is 0.415 e. The molecule has 5 atom stereocenters. The number of nitrogens with zero attached hydrogens (tertiary/aromatic N) is 5. The highest BCUT2D eigenvalue weighted by atomic mass is 35.5. The Balaban J connectivity index is 2.05. The van der Waals surface area contributed by atoms with Gasteiger partial charge in [0.25, 0.3) is 0 Å². The molecule has 0 aliphatic carbocycles. The monoisotopic (exact) mass is 607 g/mol. The molecule has 3 rings (SSSR count). The molecular formula is C27H34ClN5O9. The molecule has 1 unspecified atom stereocenters. The van der Waals surface area contributed by atoms with E-state index in [0.29, 0.717) is 0 Å². The zero-order valence-electron chi connectivity index (χ0n) is 24.7. The maximum Gasteiger partial charge on any atom is 0.415 e. The van der Waals surface area contributed by atoms with Gasteiger partial charge < -0.3 is 23.7 Å². The van der Waals surface area contributed by atoms with E-state index in [0.717, 1.165) is 4.90 Å². The number of aromatic nitrogens is 4. The van der Waals surface area contributed by atoms with E-state index >= 15 is 0 Å². The van der Waals surface area contributed by atoms with Crippen molar-refractivity contribution >= 4 is 52.4 Å². The van der Waals surface area contributed by atoms with Crippen molar-refractivity contribution in [3.63, 3.8) is 0 Å². The van der Waals surface area contributed by atoms with E-state index in [1.807, 2.05) is 0 Å². The van der Waals surface area contributed by atoms with Gasteiger partial charge in [0.15, 0.2) is 35.1 Å². The van der Waals surface area contributed by atoms with Crippen molar-refractivity contribution < 1.29 is 42.9 Å². The Hall–Kier alpha value is -3.80. The van der Waals surface area contributed by atoms with Gasteiger partial charge in [-0.15, -0.1) is 6.42 Å². The maximum atomic E-state index is 12.8. The van der Waals surface area contributed by atoms with Gasteiger partial charge in [-0.2, -0.15) is 9.97 Å². The molecule has 2 aromatic rings. The van der Waals surface area contributed by atoms with Gasteiger partial charge in [-0.3, -0.25) is 19.1 Å². The van der Waals surface area contributed by atoms with Crippen LogP contribution in [0.1, 0.15) is 54.7 Å². The van der Waals surface area contributed by atoms with E-state index in [1.165, 1.54) is 31.8 Å². The molecule has 1 amide bonds. The Morgan fingerprint density at radius 3 is 2.48 bits per heavy atom. The standard InChI is InChI=1S/C27H34ClN5O9/c1-10-27(8)16(12-39-18(14(3)34)23(36)38-11-2)41-22(19(27)40-15(4)35)33-13-29-17-20(30-24(28)31-21(17)33)32(9)25(37)42-26(5,6)7/h1,13,16,18-19,22H,11-12H2,2-9H3/t16-,18?,19+,22-,27+/m1/s1. The van der Waals surface area contributed by atoms with Crippen molar-refractivity contribution in [2.45, 2.75) is 78.6 Å². The van der Waals surface area contributed by atoms with Crippen LogP contribution < -0.4 is 4.90 Å². The molecule has 0 saturated carbocycles. The van der Waals surface area contributed by atoms with Crippen LogP contribution in [0.5, 0.6) is 0 Å². The normalized spacial score (nSPS) is 22.7. The van der Waals surface area contributed by atoms with Gasteiger partial charge in [-0.1, -0.05) is 5.92 Å². The first kappa shape index (κ1) is 32.7. The lowest BCUT2D eigenvalue weighted by Gasteiger charge is -2.30. The number of anilines is 1. The van der Waals surface area contributed by atoms with Crippen LogP contribution in [0.15, 0.2) is 6.33 Å². The van der Waals surface area contributed by atoms with Gasteiger partial charge in [0.05, 0.1) is 25.0 Å². The Kier molecular flexibility index (Phi) is 9.81. The van der Waals surface area contributed by atoms with E-state index in [4.69, 9.17) is 41.7 Å². The number of carbonyl (C=O) groups excluding carboxylic acids is 4. The summed E-state index contributed by atoms with van der Waals surface area (Å²) in [5.74, 6) is 0.605. The number of amides is 1. The summed E-state index contributed by atoms with van der Waals surface area (Å²) >= 11 is 6.25. The summed E-state index contributed by atoms with van der Waals surface area (Å²) in [6, 6.07) is 0. The predicted molar refractivity (Wildman–Crippen MR) is 148 cm³/mol. The molecule has 0 radical (unpaired) electrons. The van der Waals surface area contributed by atoms with E-state index in [9.17, 15) is 19.2 Å². The molecular weight excluding hydrogens is 574 g/mol. The Morgan fingerprint density at radius 2 is 1.93 bits per heavy atom. The number of rotatable bonds is 9. The lowest BCUT2D eigenvalue weighted by atomic mass is 9.81. The highest BCUT2D eigenvalue weighted by molar-refractivity contribution is 6.28. The number of terminal acetylenes is 1. The number of ketones is 1. The van der Waals surface area contributed by atoms with Crippen LogP contribution in [0, 0.1) is 17.8 Å². The number of ether oxygens (including phenoxy) is 5. The molecule has 15 heteroatoms. The summed E-state index contributed by atoms with van der Waals surface area (Å²) in [5, 5.41) is -0.213. The third kappa shape index (κ3) is 6.80. The fourth-order valence-electron chi connectivity index (χ4n) is 4.28. The predicted octanol–water partition coefficient (Wildman–Crippen LogP) is 2.86. The van der Waals surface area contributed by atoms with Gasteiger partial charge in [0.1, 0.15) is 11.7 Å². The first-order valence-electron chi connectivity index (χ1n) is 13.0. The molecule has 2 aromatic heterocycles. The average Bonchev–Trinajstić information content (AvgIpc) is 3.41. The minimum Gasteiger partial charge on any atom is -0.464 e. The van der Waals surface area contributed by atoms with Gasteiger partial charge >= 0.3 is 18.0 Å². The fraction of sp³-hybridized carbons (Fsp3) is 0.593. The first-order valence-corrected chi connectivity index (χ1v) is 13.4. The highest BCUT2D eigenvalue weighted by Crippen LogP contribution is 2.46. The van der Waals surface area contributed by atoms with Crippen molar-refractivity contribution in [3.8, 4) is 12.3 Å². The topological polar surface area (TPSA) is 161 Å². The number of imidazole rings is 1. The van der Waals surface area contributed by atoms with Crippen molar-refractivity contribution in [1.82, 2.24) is 19.5 Å². The Labute approximate surface area is 247 Å². The molecule has 42 heavy (non-hydrogen) atoms. The summed E-state index contributed by atoms with van der Waals surface area (Å²) in [6.45, 7) is 10.5. The number of hydrogen-bond donors (Lipinski definition) is 0. The lowest BCUT2D eigenvalue weighted by Crippen LogP contribution is -2.43. The van der Waals surface area contributed by atoms with Gasteiger partial charge in [-0.05, 0) is 53.1 Å². The van der Waals surface area contributed by atoms with Gasteiger partial charge in [0.2, 0.25) is 11.4 Å².